The lowest BCUT2D eigenvalue weighted by atomic mass is 9.95. The zero-order valence-electron chi connectivity index (χ0n) is 11.3. The van der Waals surface area contributed by atoms with E-state index in [1.54, 1.807) is 25.8 Å². The molecule has 1 amide bonds. The summed E-state index contributed by atoms with van der Waals surface area (Å²) in [4.78, 5) is 24.6. The lowest BCUT2D eigenvalue weighted by Gasteiger charge is -2.24. The van der Waals surface area contributed by atoms with E-state index in [0.29, 0.717) is 6.54 Å². The van der Waals surface area contributed by atoms with Crippen LogP contribution in [-0.2, 0) is 16.1 Å². The Morgan fingerprint density at radius 3 is 2.37 bits per heavy atom. The van der Waals surface area contributed by atoms with Crippen molar-refractivity contribution in [1.82, 2.24) is 4.90 Å². The number of rotatable bonds is 5. The van der Waals surface area contributed by atoms with Gasteiger partial charge in [-0.05, 0) is 11.6 Å². The number of hydrogen-bond donors (Lipinski definition) is 1. The first kappa shape index (κ1) is 15.7. The predicted octanol–water partition coefficient (Wildman–Crippen LogP) is 2.76. The van der Waals surface area contributed by atoms with Crippen molar-refractivity contribution in [2.24, 2.45) is 11.8 Å². The van der Waals surface area contributed by atoms with E-state index in [2.05, 4.69) is 15.9 Å². The molecule has 5 heteroatoms. The fraction of sp³-hybridized carbons (Fsp3) is 0.429. The van der Waals surface area contributed by atoms with Gasteiger partial charge in [-0.1, -0.05) is 48.0 Å². The van der Waals surface area contributed by atoms with Gasteiger partial charge in [0.25, 0.3) is 0 Å². The summed E-state index contributed by atoms with van der Waals surface area (Å²) in [5, 5.41) is 8.94. The number of carboxylic acids is 1. The normalized spacial score (nSPS) is 13.7. The Morgan fingerprint density at radius 1 is 1.26 bits per heavy atom. The summed E-state index contributed by atoms with van der Waals surface area (Å²) >= 11 is 3.43. The Kier molecular flexibility index (Phi) is 5.54. The minimum absolute atomic E-state index is 0.161. The molecule has 0 fully saturated rings. The average molecular weight is 328 g/mol. The number of halogens is 1. The quantitative estimate of drug-likeness (QED) is 0.904. The Bertz CT molecular complexity index is 476. The molecule has 2 atom stereocenters. The highest BCUT2D eigenvalue weighted by Gasteiger charge is 2.28. The molecular weight excluding hydrogens is 310 g/mol. The molecule has 1 aromatic rings. The van der Waals surface area contributed by atoms with Gasteiger partial charge in [-0.25, -0.2) is 0 Å². The molecule has 4 nitrogen and oxygen atoms in total. The fourth-order valence-electron chi connectivity index (χ4n) is 1.74. The highest BCUT2D eigenvalue weighted by molar-refractivity contribution is 9.10. The third kappa shape index (κ3) is 4.06. The van der Waals surface area contributed by atoms with Crippen LogP contribution in [0, 0.1) is 11.8 Å². The molecule has 0 saturated carbocycles. The number of aliphatic carboxylic acids is 1. The molecule has 1 rings (SSSR count). The number of carbonyl (C=O) groups is 2. The van der Waals surface area contributed by atoms with Crippen molar-refractivity contribution in [2.75, 3.05) is 7.05 Å². The molecule has 0 heterocycles. The molecule has 0 aromatic heterocycles. The van der Waals surface area contributed by atoms with E-state index in [0.717, 1.165) is 10.0 Å². The van der Waals surface area contributed by atoms with Crippen molar-refractivity contribution < 1.29 is 14.7 Å². The SMILES string of the molecule is CC(C(=O)O)C(C)C(=O)N(C)Cc1ccccc1Br. The van der Waals surface area contributed by atoms with Gasteiger partial charge in [-0.2, -0.15) is 0 Å². The number of carboxylic acid groups (broad SMARTS) is 1. The molecule has 0 aliphatic heterocycles. The number of nitrogens with zero attached hydrogens (tertiary/aromatic N) is 1. The molecule has 0 spiro atoms. The molecule has 0 radical (unpaired) electrons. The Labute approximate surface area is 121 Å². The molecule has 2 unspecified atom stereocenters. The van der Waals surface area contributed by atoms with Gasteiger partial charge in [0.1, 0.15) is 0 Å². The van der Waals surface area contributed by atoms with E-state index in [1.807, 2.05) is 24.3 Å². The zero-order valence-corrected chi connectivity index (χ0v) is 12.8. The van der Waals surface area contributed by atoms with Crippen LogP contribution in [0.3, 0.4) is 0 Å². The largest absolute Gasteiger partial charge is 0.481 e. The molecule has 0 saturated heterocycles. The van der Waals surface area contributed by atoms with Crippen LogP contribution in [0.25, 0.3) is 0 Å². The van der Waals surface area contributed by atoms with E-state index in [-0.39, 0.29) is 5.91 Å². The van der Waals surface area contributed by atoms with Crippen LogP contribution in [0.5, 0.6) is 0 Å². The molecule has 1 aromatic carbocycles. The van der Waals surface area contributed by atoms with Crippen molar-refractivity contribution in [2.45, 2.75) is 20.4 Å². The Hall–Kier alpha value is -1.36. The fourth-order valence-corrected chi connectivity index (χ4v) is 2.15. The minimum atomic E-state index is -0.949. The lowest BCUT2D eigenvalue weighted by Crippen LogP contribution is -2.36. The van der Waals surface area contributed by atoms with Crippen LogP contribution in [-0.4, -0.2) is 28.9 Å². The maximum atomic E-state index is 12.2. The molecule has 19 heavy (non-hydrogen) atoms. The van der Waals surface area contributed by atoms with Crippen molar-refractivity contribution in [3.8, 4) is 0 Å². The molecular formula is C14H18BrNO3. The third-order valence-electron chi connectivity index (χ3n) is 3.27. The highest BCUT2D eigenvalue weighted by atomic mass is 79.9. The maximum absolute atomic E-state index is 12.2. The number of carbonyl (C=O) groups excluding carboxylic acids is 1. The van der Waals surface area contributed by atoms with E-state index in [1.165, 1.54) is 0 Å². The van der Waals surface area contributed by atoms with Crippen LogP contribution in [0.4, 0.5) is 0 Å². The van der Waals surface area contributed by atoms with Gasteiger partial charge in [0.2, 0.25) is 5.91 Å². The van der Waals surface area contributed by atoms with Gasteiger partial charge in [0.05, 0.1) is 5.92 Å². The summed E-state index contributed by atoms with van der Waals surface area (Å²) in [7, 11) is 1.69. The summed E-state index contributed by atoms with van der Waals surface area (Å²) in [5.41, 5.74) is 0.994. The van der Waals surface area contributed by atoms with Crippen LogP contribution < -0.4 is 0 Å². The average Bonchev–Trinajstić information content (AvgIpc) is 2.38. The summed E-state index contributed by atoms with van der Waals surface area (Å²) < 4.78 is 0.939. The summed E-state index contributed by atoms with van der Waals surface area (Å²) in [5.74, 6) is -2.33. The van der Waals surface area contributed by atoms with E-state index in [4.69, 9.17) is 5.11 Å². The second kappa shape index (κ2) is 6.70. The van der Waals surface area contributed by atoms with Gasteiger partial charge in [-0.3, -0.25) is 9.59 Å². The number of amides is 1. The maximum Gasteiger partial charge on any atom is 0.307 e. The summed E-state index contributed by atoms with van der Waals surface area (Å²) in [6.07, 6.45) is 0. The first-order valence-corrected chi connectivity index (χ1v) is 6.85. The standard InChI is InChI=1S/C14H18BrNO3/c1-9(10(2)14(18)19)13(17)16(3)8-11-6-4-5-7-12(11)15/h4-7,9-10H,8H2,1-3H3,(H,18,19). The summed E-state index contributed by atoms with van der Waals surface area (Å²) in [6.45, 7) is 3.66. The highest BCUT2D eigenvalue weighted by Crippen LogP contribution is 2.20. The summed E-state index contributed by atoms with van der Waals surface area (Å²) in [6, 6.07) is 7.66. The van der Waals surface area contributed by atoms with Crippen molar-refractivity contribution in [3.63, 3.8) is 0 Å². The third-order valence-corrected chi connectivity index (χ3v) is 4.04. The van der Waals surface area contributed by atoms with E-state index in [9.17, 15) is 9.59 Å². The monoisotopic (exact) mass is 327 g/mol. The second-order valence-corrected chi connectivity index (χ2v) is 5.56. The predicted molar refractivity (Wildman–Crippen MR) is 76.6 cm³/mol. The van der Waals surface area contributed by atoms with Gasteiger partial charge >= 0.3 is 5.97 Å². The van der Waals surface area contributed by atoms with Gasteiger partial charge in [0, 0.05) is 24.0 Å². The Balaban J connectivity index is 2.73. The van der Waals surface area contributed by atoms with Gasteiger partial charge in [-0.15, -0.1) is 0 Å². The smallest absolute Gasteiger partial charge is 0.307 e. The molecule has 0 aliphatic rings. The Morgan fingerprint density at radius 2 is 1.84 bits per heavy atom. The zero-order chi connectivity index (χ0) is 14.6. The van der Waals surface area contributed by atoms with Crippen LogP contribution in [0.15, 0.2) is 28.7 Å². The van der Waals surface area contributed by atoms with Crippen molar-refractivity contribution in [1.29, 1.82) is 0 Å². The van der Waals surface area contributed by atoms with Crippen LogP contribution in [0.2, 0.25) is 0 Å². The van der Waals surface area contributed by atoms with Crippen LogP contribution >= 0.6 is 15.9 Å². The molecule has 0 aliphatic carbocycles. The van der Waals surface area contributed by atoms with E-state index >= 15 is 0 Å². The van der Waals surface area contributed by atoms with Crippen molar-refractivity contribution in [3.05, 3.63) is 34.3 Å². The number of hydrogen-bond acceptors (Lipinski definition) is 2. The number of benzene rings is 1. The van der Waals surface area contributed by atoms with Crippen molar-refractivity contribution >= 4 is 27.8 Å². The second-order valence-electron chi connectivity index (χ2n) is 4.70. The lowest BCUT2D eigenvalue weighted by molar-refractivity contribution is -0.148. The van der Waals surface area contributed by atoms with E-state index < -0.39 is 17.8 Å². The first-order valence-electron chi connectivity index (χ1n) is 6.05. The van der Waals surface area contributed by atoms with Gasteiger partial charge < -0.3 is 10.0 Å². The topological polar surface area (TPSA) is 57.6 Å². The van der Waals surface area contributed by atoms with Gasteiger partial charge in [0.15, 0.2) is 0 Å². The first-order chi connectivity index (χ1) is 8.84. The molecule has 104 valence electrons. The molecule has 1 N–H and O–H groups in total. The molecule has 0 bridgehead atoms. The minimum Gasteiger partial charge on any atom is -0.481 e. The van der Waals surface area contributed by atoms with Crippen LogP contribution in [0.1, 0.15) is 19.4 Å².